The third-order valence-corrected chi connectivity index (χ3v) is 5.75. The number of sulfone groups is 1. The molecule has 0 spiro atoms. The number of hydrogen-bond acceptors (Lipinski definition) is 6. The fourth-order valence-electron chi connectivity index (χ4n) is 2.41. The van der Waals surface area contributed by atoms with Gasteiger partial charge in [-0.1, -0.05) is 19.1 Å². The molecule has 156 valence electrons. The predicted molar refractivity (Wildman–Crippen MR) is 107 cm³/mol. The molecule has 2 N–H and O–H groups in total. The summed E-state index contributed by atoms with van der Waals surface area (Å²) >= 11 is 0. The van der Waals surface area contributed by atoms with Crippen molar-refractivity contribution in [2.75, 3.05) is 12.4 Å². The van der Waals surface area contributed by atoms with Crippen molar-refractivity contribution in [3.63, 3.8) is 0 Å². The molecule has 29 heavy (non-hydrogen) atoms. The molecule has 2 rings (SSSR count). The van der Waals surface area contributed by atoms with Crippen molar-refractivity contribution in [2.24, 2.45) is 0 Å². The standard InChI is InChI=1S/C20H24N2O6S/c1-4-27-15-10-12-16(13-11-15)28-14(3)19(23)21-22-20(24)17-8-6-7-9-18(17)29(25,26)5-2/h6-14H,4-5H2,1-3H3,(H,21,23)(H,22,24). The molecule has 0 heterocycles. The van der Waals surface area contributed by atoms with Crippen LogP contribution in [0.1, 0.15) is 31.1 Å². The monoisotopic (exact) mass is 420 g/mol. The van der Waals surface area contributed by atoms with Gasteiger partial charge < -0.3 is 9.47 Å². The van der Waals surface area contributed by atoms with Crippen LogP contribution in [0.2, 0.25) is 0 Å². The van der Waals surface area contributed by atoms with E-state index in [-0.39, 0.29) is 16.2 Å². The van der Waals surface area contributed by atoms with Crippen LogP contribution in [0.5, 0.6) is 11.5 Å². The van der Waals surface area contributed by atoms with Gasteiger partial charge in [-0.3, -0.25) is 20.4 Å². The van der Waals surface area contributed by atoms with Crippen molar-refractivity contribution < 1.29 is 27.5 Å². The topological polar surface area (TPSA) is 111 Å². The second-order valence-electron chi connectivity index (χ2n) is 6.01. The predicted octanol–water partition coefficient (Wildman–Crippen LogP) is 2.11. The molecule has 2 aromatic carbocycles. The summed E-state index contributed by atoms with van der Waals surface area (Å²) in [6.45, 7) is 5.43. The van der Waals surface area contributed by atoms with E-state index in [4.69, 9.17) is 9.47 Å². The molecule has 0 fully saturated rings. The van der Waals surface area contributed by atoms with Gasteiger partial charge >= 0.3 is 0 Å². The van der Waals surface area contributed by atoms with Crippen LogP contribution < -0.4 is 20.3 Å². The van der Waals surface area contributed by atoms with E-state index in [1.165, 1.54) is 32.0 Å². The Morgan fingerprint density at radius 3 is 2.21 bits per heavy atom. The lowest BCUT2D eigenvalue weighted by Gasteiger charge is -2.16. The molecule has 1 unspecified atom stereocenters. The zero-order valence-electron chi connectivity index (χ0n) is 16.5. The number of nitrogens with one attached hydrogen (secondary N) is 2. The minimum absolute atomic E-state index is 0.0465. The van der Waals surface area contributed by atoms with Crippen LogP contribution in [0.15, 0.2) is 53.4 Å². The number of ether oxygens (including phenoxy) is 2. The molecule has 2 amide bonds. The van der Waals surface area contributed by atoms with Crippen LogP contribution in [0.4, 0.5) is 0 Å². The highest BCUT2D eigenvalue weighted by atomic mass is 32.2. The Hall–Kier alpha value is -3.07. The van der Waals surface area contributed by atoms with Gasteiger partial charge in [0.2, 0.25) is 0 Å². The SMILES string of the molecule is CCOc1ccc(OC(C)C(=O)NNC(=O)c2ccccc2S(=O)(=O)CC)cc1. The summed E-state index contributed by atoms with van der Waals surface area (Å²) in [7, 11) is -3.59. The van der Waals surface area contributed by atoms with Crippen LogP contribution >= 0.6 is 0 Å². The van der Waals surface area contributed by atoms with Crippen molar-refractivity contribution in [1.29, 1.82) is 0 Å². The Labute approximate surface area is 170 Å². The summed E-state index contributed by atoms with van der Waals surface area (Å²) < 4.78 is 35.2. The molecule has 0 aromatic heterocycles. The van der Waals surface area contributed by atoms with Gasteiger partial charge in [-0.25, -0.2) is 8.42 Å². The largest absolute Gasteiger partial charge is 0.494 e. The second-order valence-corrected chi connectivity index (χ2v) is 8.25. The van der Waals surface area contributed by atoms with Gasteiger partial charge in [0, 0.05) is 0 Å². The van der Waals surface area contributed by atoms with E-state index in [0.717, 1.165) is 0 Å². The van der Waals surface area contributed by atoms with Gasteiger partial charge in [-0.05, 0) is 50.2 Å². The zero-order valence-corrected chi connectivity index (χ0v) is 17.3. The first-order valence-electron chi connectivity index (χ1n) is 9.10. The maximum absolute atomic E-state index is 12.4. The van der Waals surface area contributed by atoms with E-state index in [1.54, 1.807) is 30.3 Å². The first kappa shape index (κ1) is 22.2. The van der Waals surface area contributed by atoms with Crippen LogP contribution in [-0.4, -0.2) is 38.7 Å². The third-order valence-electron chi connectivity index (χ3n) is 3.96. The van der Waals surface area contributed by atoms with Crippen LogP contribution in [0, 0.1) is 0 Å². The number of carbonyl (C=O) groups excluding carboxylic acids is 2. The maximum Gasteiger partial charge on any atom is 0.279 e. The van der Waals surface area contributed by atoms with Crippen LogP contribution in [-0.2, 0) is 14.6 Å². The second kappa shape index (κ2) is 9.92. The molecule has 9 heteroatoms. The van der Waals surface area contributed by atoms with Crippen molar-refractivity contribution in [3.05, 3.63) is 54.1 Å². The molecule has 0 radical (unpaired) electrons. The molecule has 0 saturated carbocycles. The molecule has 8 nitrogen and oxygen atoms in total. The summed E-state index contributed by atoms with van der Waals surface area (Å²) in [5.41, 5.74) is 4.42. The maximum atomic E-state index is 12.4. The molecule has 0 aliphatic rings. The lowest BCUT2D eigenvalue weighted by molar-refractivity contribution is -0.128. The Balaban J connectivity index is 1.97. The Kier molecular flexibility index (Phi) is 7.60. The van der Waals surface area contributed by atoms with Gasteiger partial charge in [0.1, 0.15) is 11.5 Å². The number of amides is 2. The van der Waals surface area contributed by atoms with E-state index in [0.29, 0.717) is 18.1 Å². The molecule has 2 aromatic rings. The number of hydrazine groups is 1. The summed E-state index contributed by atoms with van der Waals surface area (Å²) in [6.07, 6.45) is -0.900. The molecular formula is C20H24N2O6S. The van der Waals surface area contributed by atoms with Gasteiger partial charge in [0.25, 0.3) is 11.8 Å². The zero-order chi connectivity index (χ0) is 21.4. The third kappa shape index (κ3) is 5.95. The van der Waals surface area contributed by atoms with Crippen LogP contribution in [0.25, 0.3) is 0 Å². The van der Waals surface area contributed by atoms with Crippen molar-refractivity contribution in [2.45, 2.75) is 31.8 Å². The van der Waals surface area contributed by atoms with Gasteiger partial charge in [0.05, 0.1) is 22.8 Å². The average molecular weight is 420 g/mol. The normalized spacial score (nSPS) is 12.0. The average Bonchev–Trinajstić information content (AvgIpc) is 2.73. The highest BCUT2D eigenvalue weighted by molar-refractivity contribution is 7.91. The van der Waals surface area contributed by atoms with Crippen molar-refractivity contribution in [3.8, 4) is 11.5 Å². The lowest BCUT2D eigenvalue weighted by atomic mass is 10.2. The Morgan fingerprint density at radius 1 is 0.966 bits per heavy atom. The lowest BCUT2D eigenvalue weighted by Crippen LogP contribution is -2.47. The molecular weight excluding hydrogens is 396 g/mol. The highest BCUT2D eigenvalue weighted by Crippen LogP contribution is 2.19. The summed E-state index contributed by atoms with van der Waals surface area (Å²) in [5, 5.41) is 0. The van der Waals surface area contributed by atoms with E-state index in [9.17, 15) is 18.0 Å². The first-order valence-corrected chi connectivity index (χ1v) is 10.7. The molecule has 0 saturated heterocycles. The van der Waals surface area contributed by atoms with Gasteiger partial charge in [0.15, 0.2) is 15.9 Å². The fourth-order valence-corrected chi connectivity index (χ4v) is 3.50. The first-order chi connectivity index (χ1) is 13.8. The Morgan fingerprint density at radius 2 is 1.59 bits per heavy atom. The highest BCUT2D eigenvalue weighted by Gasteiger charge is 2.22. The summed E-state index contributed by atoms with van der Waals surface area (Å²) in [5.74, 6) is -0.328. The molecule has 0 aliphatic carbocycles. The van der Waals surface area contributed by atoms with Crippen molar-refractivity contribution in [1.82, 2.24) is 10.9 Å². The van der Waals surface area contributed by atoms with Gasteiger partial charge in [-0.2, -0.15) is 0 Å². The van der Waals surface area contributed by atoms with Crippen LogP contribution in [0.3, 0.4) is 0 Å². The van der Waals surface area contributed by atoms with Gasteiger partial charge in [-0.15, -0.1) is 0 Å². The van der Waals surface area contributed by atoms with E-state index >= 15 is 0 Å². The fraction of sp³-hybridized carbons (Fsp3) is 0.300. The summed E-state index contributed by atoms with van der Waals surface area (Å²) in [6, 6.07) is 12.6. The van der Waals surface area contributed by atoms with E-state index < -0.39 is 27.8 Å². The minimum Gasteiger partial charge on any atom is -0.494 e. The smallest absolute Gasteiger partial charge is 0.279 e. The van der Waals surface area contributed by atoms with Crippen molar-refractivity contribution >= 4 is 21.7 Å². The molecule has 0 aliphatic heterocycles. The number of rotatable bonds is 8. The Bertz CT molecular complexity index is 957. The summed E-state index contributed by atoms with van der Waals surface area (Å²) in [4.78, 5) is 24.5. The number of hydrogen-bond donors (Lipinski definition) is 2. The minimum atomic E-state index is -3.59. The number of benzene rings is 2. The quantitative estimate of drug-likeness (QED) is 0.633. The molecule has 1 atom stereocenters. The van der Waals surface area contributed by atoms with E-state index in [2.05, 4.69) is 10.9 Å². The number of carbonyl (C=O) groups is 2. The molecule has 0 bridgehead atoms. The van der Waals surface area contributed by atoms with E-state index in [1.807, 2.05) is 6.92 Å².